The van der Waals surface area contributed by atoms with E-state index in [9.17, 15) is 4.79 Å². The van der Waals surface area contributed by atoms with Crippen LogP contribution >= 0.6 is 0 Å². The lowest BCUT2D eigenvalue weighted by molar-refractivity contribution is -0.118. The first-order valence-electron chi connectivity index (χ1n) is 8.26. The smallest absolute Gasteiger partial charge is 0.262 e. The molecule has 5 nitrogen and oxygen atoms in total. The highest BCUT2D eigenvalue weighted by atomic mass is 16.5. The van der Waals surface area contributed by atoms with Crippen LogP contribution in [0, 0.1) is 6.92 Å². The van der Waals surface area contributed by atoms with Crippen molar-refractivity contribution in [2.75, 3.05) is 19.0 Å². The molecule has 0 saturated carbocycles. The molecule has 0 spiro atoms. The number of hydrogen-bond donors (Lipinski definition) is 1. The Hall–Kier alpha value is -2.69. The fraction of sp³-hybridized carbons (Fsp3) is 0.350. The summed E-state index contributed by atoms with van der Waals surface area (Å²) in [7, 11) is 1.57. The average molecular weight is 341 g/mol. The molecule has 1 aliphatic rings. The van der Waals surface area contributed by atoms with Crippen LogP contribution in [-0.4, -0.2) is 25.2 Å². The second-order valence-electron chi connectivity index (χ2n) is 6.82. The summed E-state index contributed by atoms with van der Waals surface area (Å²) in [5.41, 5.74) is 2.52. The Morgan fingerprint density at radius 2 is 2.04 bits per heavy atom. The van der Waals surface area contributed by atoms with Crippen LogP contribution in [0.3, 0.4) is 0 Å². The second-order valence-corrected chi connectivity index (χ2v) is 6.82. The van der Waals surface area contributed by atoms with E-state index in [0.717, 1.165) is 23.3 Å². The molecule has 2 aromatic carbocycles. The Morgan fingerprint density at radius 1 is 1.24 bits per heavy atom. The summed E-state index contributed by atoms with van der Waals surface area (Å²) in [5.74, 6) is 1.69. The van der Waals surface area contributed by atoms with Gasteiger partial charge in [-0.25, -0.2) is 0 Å². The van der Waals surface area contributed by atoms with Crippen molar-refractivity contribution in [3.05, 3.63) is 47.5 Å². The number of amides is 1. The molecule has 0 aliphatic carbocycles. The number of methoxy groups -OCH3 is 1. The van der Waals surface area contributed by atoms with Crippen LogP contribution in [0.4, 0.5) is 5.69 Å². The van der Waals surface area contributed by atoms with Crippen molar-refractivity contribution in [3.8, 4) is 17.2 Å². The number of nitrogens with one attached hydrogen (secondary N) is 1. The van der Waals surface area contributed by atoms with Crippen molar-refractivity contribution in [1.29, 1.82) is 0 Å². The lowest BCUT2D eigenvalue weighted by Crippen LogP contribution is -2.25. The molecular formula is C20H23NO4. The largest absolute Gasteiger partial charge is 0.495 e. The van der Waals surface area contributed by atoms with Crippen molar-refractivity contribution in [2.24, 2.45) is 0 Å². The quantitative estimate of drug-likeness (QED) is 0.900. The summed E-state index contributed by atoms with van der Waals surface area (Å²) in [6.07, 6.45) is 0.826. The van der Waals surface area contributed by atoms with Gasteiger partial charge in [-0.2, -0.15) is 0 Å². The van der Waals surface area contributed by atoms with E-state index in [1.54, 1.807) is 7.11 Å². The minimum Gasteiger partial charge on any atom is -0.495 e. The molecule has 25 heavy (non-hydrogen) atoms. The van der Waals surface area contributed by atoms with Crippen LogP contribution < -0.4 is 19.5 Å². The molecule has 1 aliphatic heterocycles. The van der Waals surface area contributed by atoms with Crippen molar-refractivity contribution < 1.29 is 19.0 Å². The van der Waals surface area contributed by atoms with Gasteiger partial charge in [0.1, 0.15) is 11.4 Å². The SMILES string of the molecule is COc1ccc(C)cc1NC(=O)COc1cccc2c1OC(C)(C)C2. The Labute approximate surface area is 147 Å². The molecule has 0 unspecified atom stereocenters. The second kappa shape index (κ2) is 6.67. The number of rotatable bonds is 5. The van der Waals surface area contributed by atoms with Gasteiger partial charge in [0.2, 0.25) is 0 Å². The molecule has 0 atom stereocenters. The Bertz CT molecular complexity index is 798. The summed E-state index contributed by atoms with van der Waals surface area (Å²) in [5, 5.41) is 2.83. The zero-order valence-electron chi connectivity index (χ0n) is 15.0. The van der Waals surface area contributed by atoms with Crippen LogP contribution in [0.15, 0.2) is 36.4 Å². The third kappa shape index (κ3) is 3.87. The van der Waals surface area contributed by atoms with Gasteiger partial charge >= 0.3 is 0 Å². The minimum atomic E-state index is -0.251. The number of anilines is 1. The number of fused-ring (bicyclic) bond motifs is 1. The maximum Gasteiger partial charge on any atom is 0.262 e. The van der Waals surface area contributed by atoms with E-state index in [0.29, 0.717) is 17.2 Å². The number of hydrogen-bond acceptors (Lipinski definition) is 4. The zero-order chi connectivity index (χ0) is 18.0. The highest BCUT2D eigenvalue weighted by molar-refractivity contribution is 5.93. The van der Waals surface area contributed by atoms with Gasteiger partial charge in [0.05, 0.1) is 12.8 Å². The van der Waals surface area contributed by atoms with Gasteiger partial charge in [0, 0.05) is 12.0 Å². The molecule has 0 bridgehead atoms. The predicted octanol–water partition coefficient (Wildman–Crippen LogP) is 3.73. The van der Waals surface area contributed by atoms with Crippen molar-refractivity contribution >= 4 is 11.6 Å². The fourth-order valence-corrected chi connectivity index (χ4v) is 2.95. The van der Waals surface area contributed by atoms with E-state index in [1.807, 2.05) is 57.2 Å². The van der Waals surface area contributed by atoms with Gasteiger partial charge in [-0.15, -0.1) is 0 Å². The number of para-hydroxylation sites is 1. The third-order valence-corrected chi connectivity index (χ3v) is 4.04. The first-order chi connectivity index (χ1) is 11.9. The van der Waals surface area contributed by atoms with E-state index in [-0.39, 0.29) is 18.1 Å². The van der Waals surface area contributed by atoms with Gasteiger partial charge in [-0.1, -0.05) is 18.2 Å². The standard InChI is InChI=1S/C20H23NO4/c1-13-8-9-16(23-4)15(10-13)21-18(22)12-24-17-7-5-6-14-11-20(2,3)25-19(14)17/h5-10H,11-12H2,1-4H3,(H,21,22). The molecule has 0 radical (unpaired) electrons. The molecule has 2 aromatic rings. The van der Waals surface area contributed by atoms with Gasteiger partial charge < -0.3 is 19.5 Å². The van der Waals surface area contributed by atoms with E-state index < -0.39 is 0 Å². The summed E-state index contributed by atoms with van der Waals surface area (Å²) >= 11 is 0. The van der Waals surface area contributed by atoms with E-state index >= 15 is 0 Å². The first-order valence-corrected chi connectivity index (χ1v) is 8.26. The monoisotopic (exact) mass is 341 g/mol. The number of carbonyl (C=O) groups is 1. The molecule has 1 heterocycles. The minimum absolute atomic E-state index is 0.0999. The molecule has 1 amide bonds. The van der Waals surface area contributed by atoms with Crippen LogP contribution in [0.5, 0.6) is 17.2 Å². The fourth-order valence-electron chi connectivity index (χ4n) is 2.95. The maximum atomic E-state index is 12.3. The van der Waals surface area contributed by atoms with Gasteiger partial charge in [0.15, 0.2) is 18.1 Å². The molecule has 1 N–H and O–H groups in total. The van der Waals surface area contributed by atoms with Gasteiger partial charge in [-0.05, 0) is 44.5 Å². The predicted molar refractivity (Wildman–Crippen MR) is 96.7 cm³/mol. The summed E-state index contributed by atoms with van der Waals surface area (Å²) < 4.78 is 16.9. The van der Waals surface area contributed by atoms with Gasteiger partial charge in [-0.3, -0.25) is 4.79 Å². The lowest BCUT2D eigenvalue weighted by Gasteiger charge is -2.18. The molecule has 0 fully saturated rings. The number of carbonyl (C=O) groups excluding carboxylic acids is 1. The molecule has 0 aromatic heterocycles. The number of aryl methyl sites for hydroxylation is 1. The Morgan fingerprint density at radius 3 is 2.80 bits per heavy atom. The molecule has 3 rings (SSSR count). The average Bonchev–Trinajstić information content (AvgIpc) is 2.87. The number of ether oxygens (including phenoxy) is 3. The summed E-state index contributed by atoms with van der Waals surface area (Å²) in [6, 6.07) is 11.4. The Balaban J connectivity index is 1.67. The van der Waals surface area contributed by atoms with E-state index in [1.165, 1.54) is 0 Å². The summed E-state index contributed by atoms with van der Waals surface area (Å²) in [6.45, 7) is 5.93. The highest BCUT2D eigenvalue weighted by Crippen LogP contribution is 2.41. The molecule has 5 heteroatoms. The first kappa shape index (κ1) is 17.1. The van der Waals surface area contributed by atoms with E-state index in [2.05, 4.69) is 5.32 Å². The van der Waals surface area contributed by atoms with Crippen LogP contribution in [-0.2, 0) is 11.2 Å². The zero-order valence-corrected chi connectivity index (χ0v) is 15.0. The number of benzene rings is 2. The molecular weight excluding hydrogens is 318 g/mol. The van der Waals surface area contributed by atoms with Crippen molar-refractivity contribution in [2.45, 2.75) is 32.8 Å². The van der Waals surface area contributed by atoms with E-state index in [4.69, 9.17) is 14.2 Å². The maximum absolute atomic E-state index is 12.3. The van der Waals surface area contributed by atoms with Gasteiger partial charge in [0.25, 0.3) is 5.91 Å². The normalized spacial score (nSPS) is 14.4. The lowest BCUT2D eigenvalue weighted by atomic mass is 10.0. The van der Waals surface area contributed by atoms with Crippen LogP contribution in [0.25, 0.3) is 0 Å². The third-order valence-electron chi connectivity index (χ3n) is 4.04. The van der Waals surface area contributed by atoms with Crippen LogP contribution in [0.2, 0.25) is 0 Å². The van der Waals surface area contributed by atoms with Crippen molar-refractivity contribution in [1.82, 2.24) is 0 Å². The highest BCUT2D eigenvalue weighted by Gasteiger charge is 2.32. The topological polar surface area (TPSA) is 56.8 Å². The molecule has 0 saturated heterocycles. The summed E-state index contributed by atoms with van der Waals surface area (Å²) in [4.78, 5) is 12.3. The molecule has 132 valence electrons. The van der Waals surface area contributed by atoms with Crippen LogP contribution in [0.1, 0.15) is 25.0 Å². The Kier molecular flexibility index (Phi) is 4.57. The van der Waals surface area contributed by atoms with Crippen molar-refractivity contribution in [3.63, 3.8) is 0 Å².